The molecule has 0 heterocycles. The van der Waals surface area contributed by atoms with E-state index in [-0.39, 0.29) is 18.9 Å². The lowest BCUT2D eigenvalue weighted by atomic mass is 10.3. The van der Waals surface area contributed by atoms with Gasteiger partial charge in [0.05, 0.1) is 6.54 Å². The van der Waals surface area contributed by atoms with Gasteiger partial charge in [0, 0.05) is 13.0 Å². The van der Waals surface area contributed by atoms with Crippen LogP contribution in [0.3, 0.4) is 0 Å². The minimum atomic E-state index is -0.796. The van der Waals surface area contributed by atoms with Crippen molar-refractivity contribution in [3.63, 3.8) is 0 Å². The molecular weight excluding hydrogens is 196 g/mol. The highest BCUT2D eigenvalue weighted by molar-refractivity contribution is 5.78. The average Bonchev–Trinajstić information content (AvgIpc) is 2.97. The van der Waals surface area contributed by atoms with E-state index in [9.17, 15) is 9.59 Å². The van der Waals surface area contributed by atoms with Crippen LogP contribution in [0.5, 0.6) is 0 Å². The summed E-state index contributed by atoms with van der Waals surface area (Å²) in [5, 5.41) is 14.1. The second-order valence-corrected chi connectivity index (χ2v) is 3.92. The van der Waals surface area contributed by atoms with Gasteiger partial charge in [0.1, 0.15) is 0 Å². The maximum atomic E-state index is 11.2. The topological polar surface area (TPSA) is 78.4 Å². The molecule has 1 fully saturated rings. The van der Waals surface area contributed by atoms with E-state index in [0.29, 0.717) is 18.9 Å². The zero-order chi connectivity index (χ0) is 11.1. The lowest BCUT2D eigenvalue weighted by molar-refractivity contribution is -0.137. The van der Waals surface area contributed by atoms with Crippen molar-refractivity contribution in [3.8, 4) is 0 Å². The predicted octanol–water partition coefficient (Wildman–Crippen LogP) is -0.0330. The molecule has 0 spiro atoms. The first-order chi connectivity index (χ1) is 7.18. The monoisotopic (exact) mass is 214 g/mol. The highest BCUT2D eigenvalue weighted by atomic mass is 16.4. The third kappa shape index (κ3) is 6.90. The van der Waals surface area contributed by atoms with Gasteiger partial charge in [0.15, 0.2) is 0 Å². The number of aliphatic carboxylic acids is 1. The Bertz CT molecular complexity index is 227. The Labute approximate surface area is 89.2 Å². The van der Waals surface area contributed by atoms with Gasteiger partial charge in [-0.3, -0.25) is 9.59 Å². The fourth-order valence-corrected chi connectivity index (χ4v) is 1.21. The van der Waals surface area contributed by atoms with E-state index >= 15 is 0 Å². The molecule has 15 heavy (non-hydrogen) atoms. The van der Waals surface area contributed by atoms with Crippen molar-refractivity contribution in [2.75, 3.05) is 19.6 Å². The summed E-state index contributed by atoms with van der Waals surface area (Å²) in [5.41, 5.74) is 0. The van der Waals surface area contributed by atoms with Crippen molar-refractivity contribution in [2.45, 2.75) is 25.7 Å². The Kier molecular flexibility index (Phi) is 5.10. The summed E-state index contributed by atoms with van der Waals surface area (Å²) in [6.07, 6.45) is 3.17. The molecule has 3 N–H and O–H groups in total. The SMILES string of the molecule is O=C(O)CCCNCC(=O)NCC1CC1. The number of amides is 1. The summed E-state index contributed by atoms with van der Waals surface area (Å²) >= 11 is 0. The molecule has 1 aliphatic carbocycles. The molecule has 0 bridgehead atoms. The summed E-state index contributed by atoms with van der Waals surface area (Å²) in [5.74, 6) is -0.104. The van der Waals surface area contributed by atoms with E-state index in [1.165, 1.54) is 12.8 Å². The van der Waals surface area contributed by atoms with Gasteiger partial charge in [0.25, 0.3) is 0 Å². The van der Waals surface area contributed by atoms with E-state index < -0.39 is 5.97 Å². The van der Waals surface area contributed by atoms with E-state index in [1.807, 2.05) is 0 Å². The molecule has 0 aromatic heterocycles. The van der Waals surface area contributed by atoms with Crippen LogP contribution in [0.2, 0.25) is 0 Å². The molecule has 1 amide bonds. The Balaban J connectivity index is 1.85. The number of carbonyl (C=O) groups excluding carboxylic acids is 1. The van der Waals surface area contributed by atoms with Crippen molar-refractivity contribution in [3.05, 3.63) is 0 Å². The molecule has 86 valence electrons. The maximum absolute atomic E-state index is 11.2. The number of hydrogen-bond acceptors (Lipinski definition) is 3. The Morgan fingerprint density at radius 3 is 2.67 bits per heavy atom. The second-order valence-electron chi connectivity index (χ2n) is 3.92. The Morgan fingerprint density at radius 1 is 1.33 bits per heavy atom. The van der Waals surface area contributed by atoms with Gasteiger partial charge in [-0.05, 0) is 31.7 Å². The van der Waals surface area contributed by atoms with Crippen molar-refractivity contribution < 1.29 is 14.7 Å². The lowest BCUT2D eigenvalue weighted by Crippen LogP contribution is -2.35. The smallest absolute Gasteiger partial charge is 0.303 e. The van der Waals surface area contributed by atoms with E-state index in [0.717, 1.165) is 6.54 Å². The number of rotatable bonds is 8. The van der Waals surface area contributed by atoms with Crippen LogP contribution in [0, 0.1) is 5.92 Å². The van der Waals surface area contributed by atoms with Crippen LogP contribution in [0.1, 0.15) is 25.7 Å². The number of nitrogens with one attached hydrogen (secondary N) is 2. The van der Waals surface area contributed by atoms with Gasteiger partial charge in [-0.15, -0.1) is 0 Å². The van der Waals surface area contributed by atoms with Gasteiger partial charge in [-0.2, -0.15) is 0 Å². The van der Waals surface area contributed by atoms with Gasteiger partial charge in [-0.1, -0.05) is 0 Å². The number of hydrogen-bond donors (Lipinski definition) is 3. The third-order valence-corrected chi connectivity index (χ3v) is 2.31. The summed E-state index contributed by atoms with van der Waals surface area (Å²) in [6, 6.07) is 0. The normalized spacial score (nSPS) is 14.9. The minimum absolute atomic E-state index is 0.00257. The van der Waals surface area contributed by atoms with Gasteiger partial charge in [0.2, 0.25) is 5.91 Å². The first-order valence-electron chi connectivity index (χ1n) is 5.37. The molecule has 0 unspecified atom stereocenters. The maximum Gasteiger partial charge on any atom is 0.303 e. The zero-order valence-corrected chi connectivity index (χ0v) is 8.79. The molecule has 0 saturated heterocycles. The van der Waals surface area contributed by atoms with Crippen LogP contribution in [0.25, 0.3) is 0 Å². The molecule has 1 rings (SSSR count). The molecule has 0 aromatic rings. The summed E-state index contributed by atoms with van der Waals surface area (Å²) in [6.45, 7) is 1.64. The van der Waals surface area contributed by atoms with Crippen LogP contribution in [0.4, 0.5) is 0 Å². The molecule has 5 nitrogen and oxygen atoms in total. The fraction of sp³-hybridized carbons (Fsp3) is 0.800. The quantitative estimate of drug-likeness (QED) is 0.496. The van der Waals surface area contributed by atoms with Crippen molar-refractivity contribution >= 4 is 11.9 Å². The molecule has 1 aliphatic rings. The third-order valence-electron chi connectivity index (χ3n) is 2.31. The minimum Gasteiger partial charge on any atom is -0.481 e. The summed E-state index contributed by atoms with van der Waals surface area (Å²) in [4.78, 5) is 21.4. The number of carboxylic acids is 1. The summed E-state index contributed by atoms with van der Waals surface area (Å²) in [7, 11) is 0. The number of carbonyl (C=O) groups is 2. The molecule has 0 aromatic carbocycles. The van der Waals surface area contributed by atoms with Crippen molar-refractivity contribution in [1.29, 1.82) is 0 Å². The Morgan fingerprint density at radius 2 is 2.07 bits per heavy atom. The average molecular weight is 214 g/mol. The molecule has 1 saturated carbocycles. The largest absolute Gasteiger partial charge is 0.481 e. The van der Waals surface area contributed by atoms with Gasteiger partial charge in [-0.25, -0.2) is 0 Å². The highest BCUT2D eigenvalue weighted by Gasteiger charge is 2.21. The molecular formula is C10H18N2O3. The van der Waals surface area contributed by atoms with Crippen molar-refractivity contribution in [1.82, 2.24) is 10.6 Å². The molecule has 5 heteroatoms. The molecule has 0 atom stereocenters. The van der Waals surface area contributed by atoms with E-state index in [2.05, 4.69) is 10.6 Å². The standard InChI is InChI=1S/C10H18N2O3/c13-9(12-6-8-3-4-8)7-11-5-1-2-10(14)15/h8,11H,1-7H2,(H,12,13)(H,14,15). The first-order valence-corrected chi connectivity index (χ1v) is 5.37. The Hall–Kier alpha value is -1.10. The lowest BCUT2D eigenvalue weighted by Gasteiger charge is -2.05. The van der Waals surface area contributed by atoms with Gasteiger partial charge >= 0.3 is 5.97 Å². The van der Waals surface area contributed by atoms with Gasteiger partial charge < -0.3 is 15.7 Å². The van der Waals surface area contributed by atoms with Crippen LogP contribution >= 0.6 is 0 Å². The second kappa shape index (κ2) is 6.40. The number of carboxylic acid groups (broad SMARTS) is 1. The van der Waals surface area contributed by atoms with Crippen LogP contribution in [0.15, 0.2) is 0 Å². The predicted molar refractivity (Wildman–Crippen MR) is 55.5 cm³/mol. The fourth-order valence-electron chi connectivity index (χ4n) is 1.21. The molecule has 0 radical (unpaired) electrons. The van der Waals surface area contributed by atoms with Crippen LogP contribution in [-0.4, -0.2) is 36.6 Å². The highest BCUT2D eigenvalue weighted by Crippen LogP contribution is 2.27. The van der Waals surface area contributed by atoms with E-state index in [1.54, 1.807) is 0 Å². The zero-order valence-electron chi connectivity index (χ0n) is 8.79. The first kappa shape index (κ1) is 12.0. The van der Waals surface area contributed by atoms with E-state index in [4.69, 9.17) is 5.11 Å². The molecule has 0 aliphatic heterocycles. The van der Waals surface area contributed by atoms with Crippen LogP contribution in [-0.2, 0) is 9.59 Å². The van der Waals surface area contributed by atoms with Crippen LogP contribution < -0.4 is 10.6 Å². The van der Waals surface area contributed by atoms with Crippen molar-refractivity contribution in [2.24, 2.45) is 5.92 Å². The summed E-state index contributed by atoms with van der Waals surface area (Å²) < 4.78 is 0.